The highest BCUT2D eigenvalue weighted by atomic mass is 35.5. The van der Waals surface area contributed by atoms with Crippen LogP contribution in [0, 0.1) is 5.92 Å². The average molecular weight is 431 g/mol. The fourth-order valence-electron chi connectivity index (χ4n) is 6.45. The molecule has 2 aliphatic carbocycles. The number of aliphatic hydroxyl groups is 1. The van der Waals surface area contributed by atoms with E-state index in [-0.39, 0.29) is 5.41 Å². The van der Waals surface area contributed by atoms with E-state index in [1.54, 1.807) is 12.4 Å². The van der Waals surface area contributed by atoms with Gasteiger partial charge >= 0.3 is 0 Å². The molecule has 0 spiro atoms. The third-order valence-corrected chi connectivity index (χ3v) is 8.14. The fourth-order valence-corrected chi connectivity index (χ4v) is 6.62. The molecule has 3 atom stereocenters. The summed E-state index contributed by atoms with van der Waals surface area (Å²) in [5.41, 5.74) is 6.86. The Hall–Kier alpha value is -2.20. The van der Waals surface area contributed by atoms with Crippen LogP contribution in [-0.4, -0.2) is 34.6 Å². The van der Waals surface area contributed by atoms with E-state index in [0.717, 1.165) is 49.5 Å². The van der Waals surface area contributed by atoms with Gasteiger partial charge in [0.2, 0.25) is 0 Å². The second-order valence-corrected chi connectivity index (χ2v) is 9.94. The molecule has 4 heteroatoms. The van der Waals surface area contributed by atoms with Crippen molar-refractivity contribution in [3.63, 3.8) is 0 Å². The largest absolute Gasteiger partial charge is 0.388 e. The standard InChI is InChI=1S/C27H27ClN2O/c28-20-7-8-22-23-15-27(25(22)14-20,24-6-2-1-5-21(23)24)17-30-12-9-18(10-13-30)26(31)19-4-3-11-29-16-19/h1-8,11,14,16,18,23,26,31H,9-10,12-13,15,17H2/t23-,26?,27-/m1/s1. The van der Waals surface area contributed by atoms with Gasteiger partial charge in [-0.2, -0.15) is 0 Å². The minimum Gasteiger partial charge on any atom is -0.388 e. The first-order chi connectivity index (χ1) is 15.2. The minimum absolute atomic E-state index is 0.0380. The molecule has 6 rings (SSSR count). The van der Waals surface area contributed by atoms with Gasteiger partial charge in [-0.3, -0.25) is 4.98 Å². The first-order valence-corrected chi connectivity index (χ1v) is 11.7. The maximum Gasteiger partial charge on any atom is 0.0833 e. The van der Waals surface area contributed by atoms with Crippen LogP contribution < -0.4 is 0 Å². The summed E-state index contributed by atoms with van der Waals surface area (Å²) in [5, 5.41) is 11.7. The monoisotopic (exact) mass is 430 g/mol. The SMILES string of the molecule is OC(c1cccnc1)C1CCN(C[C@]23C[C@H](c4ccccc42)c2ccc(Cl)cc23)CC1. The lowest BCUT2D eigenvalue weighted by molar-refractivity contribution is 0.0538. The number of nitrogens with zero attached hydrogens (tertiary/aromatic N) is 2. The maximum atomic E-state index is 10.8. The molecule has 0 amide bonds. The Bertz CT molecular complexity index is 1110. The second-order valence-electron chi connectivity index (χ2n) is 9.50. The van der Waals surface area contributed by atoms with Crippen LogP contribution in [-0.2, 0) is 5.41 Å². The number of aliphatic hydroxyl groups excluding tert-OH is 1. The zero-order valence-corrected chi connectivity index (χ0v) is 18.3. The number of fused-ring (bicyclic) bond motifs is 8. The van der Waals surface area contributed by atoms with Gasteiger partial charge in [0.1, 0.15) is 0 Å². The molecule has 0 saturated carbocycles. The summed E-state index contributed by atoms with van der Waals surface area (Å²) >= 11 is 6.46. The van der Waals surface area contributed by atoms with Crippen LogP contribution in [0.4, 0.5) is 0 Å². The van der Waals surface area contributed by atoms with Crippen molar-refractivity contribution in [2.75, 3.05) is 19.6 Å². The van der Waals surface area contributed by atoms with Crippen molar-refractivity contribution < 1.29 is 5.11 Å². The summed E-state index contributed by atoms with van der Waals surface area (Å²) in [5.74, 6) is 0.792. The predicted molar refractivity (Wildman–Crippen MR) is 123 cm³/mol. The number of aromatic nitrogens is 1. The first kappa shape index (κ1) is 19.5. The van der Waals surface area contributed by atoms with Gasteiger partial charge in [0, 0.05) is 35.3 Å². The van der Waals surface area contributed by atoms with E-state index >= 15 is 0 Å². The smallest absolute Gasteiger partial charge is 0.0833 e. The molecule has 2 heterocycles. The zero-order chi connectivity index (χ0) is 21.0. The molecule has 1 aromatic heterocycles. The van der Waals surface area contributed by atoms with E-state index in [4.69, 9.17) is 11.6 Å². The lowest BCUT2D eigenvalue weighted by Crippen LogP contribution is -2.44. The van der Waals surface area contributed by atoms with Gasteiger partial charge in [-0.25, -0.2) is 0 Å². The molecule has 1 aliphatic heterocycles. The molecule has 2 aromatic carbocycles. The van der Waals surface area contributed by atoms with Crippen LogP contribution in [0.5, 0.6) is 0 Å². The summed E-state index contributed by atoms with van der Waals surface area (Å²) in [6, 6.07) is 19.4. The molecule has 1 unspecified atom stereocenters. The van der Waals surface area contributed by atoms with Crippen LogP contribution in [0.1, 0.15) is 59.1 Å². The summed E-state index contributed by atoms with van der Waals surface area (Å²) in [6.07, 6.45) is 6.32. The Kier molecular flexibility index (Phi) is 4.68. The van der Waals surface area contributed by atoms with Gasteiger partial charge in [0.15, 0.2) is 0 Å². The molecule has 158 valence electrons. The summed E-state index contributed by atoms with van der Waals surface area (Å²) in [6.45, 7) is 3.07. The van der Waals surface area contributed by atoms with Crippen molar-refractivity contribution in [1.82, 2.24) is 9.88 Å². The van der Waals surface area contributed by atoms with Crippen LogP contribution in [0.15, 0.2) is 67.0 Å². The van der Waals surface area contributed by atoms with Crippen molar-refractivity contribution in [3.05, 3.63) is 99.8 Å². The van der Waals surface area contributed by atoms with Crippen molar-refractivity contribution in [1.29, 1.82) is 0 Å². The van der Waals surface area contributed by atoms with Gasteiger partial charge in [0.05, 0.1) is 6.10 Å². The molecule has 3 aromatic rings. The van der Waals surface area contributed by atoms with Gasteiger partial charge < -0.3 is 10.0 Å². The number of benzene rings is 2. The van der Waals surface area contributed by atoms with E-state index in [1.807, 2.05) is 18.2 Å². The van der Waals surface area contributed by atoms with Crippen molar-refractivity contribution in [3.8, 4) is 0 Å². The number of halogens is 1. The number of piperidine rings is 1. The van der Waals surface area contributed by atoms with E-state index in [2.05, 4.69) is 46.3 Å². The Morgan fingerprint density at radius 1 is 1.03 bits per heavy atom. The highest BCUT2D eigenvalue weighted by molar-refractivity contribution is 6.30. The third-order valence-electron chi connectivity index (χ3n) is 7.91. The quantitative estimate of drug-likeness (QED) is 0.608. The molecule has 0 radical (unpaired) electrons. The van der Waals surface area contributed by atoms with Gasteiger partial charge in [-0.1, -0.05) is 48.0 Å². The highest BCUT2D eigenvalue weighted by Gasteiger charge is 2.53. The predicted octanol–water partition coefficient (Wildman–Crippen LogP) is 5.32. The van der Waals surface area contributed by atoms with Gasteiger partial charge in [-0.15, -0.1) is 0 Å². The maximum absolute atomic E-state index is 10.8. The molecule has 2 bridgehead atoms. The second kappa shape index (κ2) is 7.44. The number of pyridine rings is 1. The van der Waals surface area contributed by atoms with Crippen LogP contribution in [0.3, 0.4) is 0 Å². The normalized spacial score (nSPS) is 25.9. The molecule has 1 fully saturated rings. The molecule has 1 saturated heterocycles. The average Bonchev–Trinajstić information content (AvgIpc) is 3.31. The minimum atomic E-state index is -0.420. The lowest BCUT2D eigenvalue weighted by atomic mass is 9.74. The Labute approximate surface area is 188 Å². The Balaban J connectivity index is 1.25. The Morgan fingerprint density at radius 3 is 2.65 bits per heavy atom. The van der Waals surface area contributed by atoms with Gasteiger partial charge in [-0.05, 0) is 84.3 Å². The summed E-state index contributed by atoms with van der Waals surface area (Å²) < 4.78 is 0. The molecule has 1 N–H and O–H groups in total. The molecule has 3 aliphatic rings. The number of likely N-dealkylation sites (tertiary alicyclic amines) is 1. The van der Waals surface area contributed by atoms with Crippen molar-refractivity contribution >= 4 is 11.6 Å². The fraction of sp³-hybridized carbons (Fsp3) is 0.370. The number of hydrogen-bond acceptors (Lipinski definition) is 3. The molecular formula is C27H27ClN2O. The van der Waals surface area contributed by atoms with Crippen LogP contribution >= 0.6 is 11.6 Å². The van der Waals surface area contributed by atoms with Crippen LogP contribution in [0.25, 0.3) is 0 Å². The summed E-state index contributed by atoms with van der Waals surface area (Å²) in [4.78, 5) is 6.79. The third kappa shape index (κ3) is 3.06. The van der Waals surface area contributed by atoms with E-state index < -0.39 is 6.10 Å². The zero-order valence-electron chi connectivity index (χ0n) is 17.5. The van der Waals surface area contributed by atoms with E-state index in [1.165, 1.54) is 22.3 Å². The van der Waals surface area contributed by atoms with Crippen LogP contribution in [0.2, 0.25) is 5.02 Å². The Morgan fingerprint density at radius 2 is 1.84 bits per heavy atom. The highest BCUT2D eigenvalue weighted by Crippen LogP contribution is 2.60. The van der Waals surface area contributed by atoms with E-state index in [9.17, 15) is 5.11 Å². The number of rotatable bonds is 4. The summed E-state index contributed by atoms with van der Waals surface area (Å²) in [7, 11) is 0. The first-order valence-electron chi connectivity index (χ1n) is 11.4. The van der Waals surface area contributed by atoms with Crippen molar-refractivity contribution in [2.45, 2.75) is 36.7 Å². The van der Waals surface area contributed by atoms with Crippen molar-refractivity contribution in [2.24, 2.45) is 5.92 Å². The molecular weight excluding hydrogens is 404 g/mol. The van der Waals surface area contributed by atoms with Gasteiger partial charge in [0.25, 0.3) is 0 Å². The molecule has 31 heavy (non-hydrogen) atoms. The lowest BCUT2D eigenvalue weighted by Gasteiger charge is -2.40. The number of hydrogen-bond donors (Lipinski definition) is 1. The van der Waals surface area contributed by atoms with E-state index in [0.29, 0.717) is 11.8 Å². The molecule has 3 nitrogen and oxygen atoms in total. The topological polar surface area (TPSA) is 36.4 Å².